The second kappa shape index (κ2) is 17.6. The molecule has 0 bridgehead atoms. The summed E-state index contributed by atoms with van der Waals surface area (Å²) >= 11 is 0. The van der Waals surface area contributed by atoms with Crippen molar-refractivity contribution in [1.82, 2.24) is 0 Å². The van der Waals surface area contributed by atoms with Crippen molar-refractivity contribution < 1.29 is 46.1 Å². The minimum atomic E-state index is -3.76. The van der Waals surface area contributed by atoms with Crippen LogP contribution in [0.1, 0.15) is 58.2 Å². The Labute approximate surface area is 262 Å². The van der Waals surface area contributed by atoms with Gasteiger partial charge in [-0.25, -0.2) is 0 Å². The molecule has 6 nitrogen and oxygen atoms in total. The first-order valence-corrected chi connectivity index (χ1v) is 14.3. The number of hydrogen-bond acceptors (Lipinski definition) is 6. The van der Waals surface area contributed by atoms with Gasteiger partial charge in [0, 0.05) is 0 Å². The van der Waals surface area contributed by atoms with E-state index in [0.717, 1.165) is 42.5 Å². The van der Waals surface area contributed by atoms with Crippen molar-refractivity contribution >= 4 is 11.6 Å². The van der Waals surface area contributed by atoms with Gasteiger partial charge in [0.1, 0.15) is 23.0 Å². The number of hydrogen-bond donors (Lipinski definition) is 0. The maximum Gasteiger partial charge on any atom is 0.426 e. The highest BCUT2D eigenvalue weighted by molar-refractivity contribution is 5.95. The molecule has 0 heterocycles. The molecule has 0 saturated carbocycles. The van der Waals surface area contributed by atoms with Gasteiger partial charge < -0.3 is 18.9 Å². The molecule has 244 valence electrons. The lowest BCUT2D eigenvalue weighted by molar-refractivity contribution is -0.188. The van der Waals surface area contributed by atoms with E-state index in [0.29, 0.717) is 11.1 Å². The Morgan fingerprint density at radius 1 is 0.622 bits per heavy atom. The fourth-order valence-electron chi connectivity index (χ4n) is 3.24. The van der Waals surface area contributed by atoms with Gasteiger partial charge in [0.15, 0.2) is 24.8 Å². The molecule has 0 unspecified atom stereocenters. The number of halogens is 4. The molecule has 0 amide bonds. The van der Waals surface area contributed by atoms with Gasteiger partial charge in [0.05, 0.1) is 11.1 Å². The van der Waals surface area contributed by atoms with E-state index < -0.39 is 23.3 Å². The van der Waals surface area contributed by atoms with E-state index in [-0.39, 0.29) is 53.3 Å². The fourth-order valence-corrected chi connectivity index (χ4v) is 3.24. The van der Waals surface area contributed by atoms with Crippen molar-refractivity contribution in [2.24, 2.45) is 0 Å². The molecule has 10 heteroatoms. The van der Waals surface area contributed by atoms with Gasteiger partial charge >= 0.3 is 12.2 Å². The molecule has 3 aromatic rings. The zero-order valence-electron chi connectivity index (χ0n) is 26.6. The van der Waals surface area contributed by atoms with E-state index in [4.69, 9.17) is 18.9 Å². The zero-order valence-corrected chi connectivity index (χ0v) is 26.6. The summed E-state index contributed by atoms with van der Waals surface area (Å²) in [5.41, 5.74) is -0.227. The topological polar surface area (TPSA) is 71.1 Å². The van der Waals surface area contributed by atoms with Crippen LogP contribution in [0.25, 0.3) is 0 Å². The van der Waals surface area contributed by atoms with Gasteiger partial charge in [-0.1, -0.05) is 40.9 Å². The average molecular weight is 633 g/mol. The third kappa shape index (κ3) is 11.8. The van der Waals surface area contributed by atoms with Crippen LogP contribution in [0, 0.1) is 6.92 Å². The van der Waals surface area contributed by atoms with Gasteiger partial charge in [-0.2, -0.15) is 17.6 Å². The van der Waals surface area contributed by atoms with Gasteiger partial charge in [0.2, 0.25) is 0 Å². The van der Waals surface area contributed by atoms with E-state index in [2.05, 4.69) is 13.2 Å². The quantitative estimate of drug-likeness (QED) is 0.130. The molecule has 0 aliphatic heterocycles. The number of Topliss-reactive ketones (excluding diaryl/α,β-unsaturated/α-hetero) is 2. The molecule has 0 saturated heterocycles. The van der Waals surface area contributed by atoms with Crippen molar-refractivity contribution in [2.75, 3.05) is 13.2 Å². The number of alkyl halides is 4. The van der Waals surface area contributed by atoms with Crippen molar-refractivity contribution in [1.29, 1.82) is 0 Å². The van der Waals surface area contributed by atoms with Crippen LogP contribution in [0.2, 0.25) is 0 Å². The third-order valence-electron chi connectivity index (χ3n) is 5.70. The summed E-state index contributed by atoms with van der Waals surface area (Å²) in [6.07, 6.45) is -7.52. The largest absolute Gasteiger partial charge is 0.485 e. The van der Waals surface area contributed by atoms with E-state index in [1.54, 1.807) is 0 Å². The Balaban J connectivity index is 0.00000243. The maximum absolute atomic E-state index is 14.8. The lowest BCUT2D eigenvalue weighted by Gasteiger charge is -2.22. The van der Waals surface area contributed by atoms with Crippen LogP contribution in [-0.2, 0) is 21.8 Å². The van der Waals surface area contributed by atoms with E-state index in [1.807, 2.05) is 27.7 Å². The second-order valence-corrected chi connectivity index (χ2v) is 9.20. The Morgan fingerprint density at radius 3 is 1.33 bits per heavy atom. The Morgan fingerprint density at radius 2 is 0.978 bits per heavy atom. The minimum Gasteiger partial charge on any atom is -0.485 e. The predicted octanol–water partition coefficient (Wildman–Crippen LogP) is 9.35. The number of carbonyl (C=O) groups is 2. The number of benzene rings is 3. The first-order chi connectivity index (χ1) is 21.2. The summed E-state index contributed by atoms with van der Waals surface area (Å²) in [6, 6.07) is 12.7. The number of ketones is 2. The molecule has 0 aliphatic carbocycles. The number of ether oxygens (including phenoxy) is 4. The van der Waals surface area contributed by atoms with Crippen LogP contribution in [-0.4, -0.2) is 24.8 Å². The smallest absolute Gasteiger partial charge is 0.426 e. The molecule has 45 heavy (non-hydrogen) atoms. The third-order valence-corrected chi connectivity index (χ3v) is 5.70. The zero-order chi connectivity index (χ0) is 34.4. The van der Waals surface area contributed by atoms with E-state index in [1.165, 1.54) is 45.0 Å². The highest BCUT2D eigenvalue weighted by Gasteiger charge is 2.36. The summed E-state index contributed by atoms with van der Waals surface area (Å²) in [5, 5.41) is 0. The van der Waals surface area contributed by atoms with Gasteiger partial charge in [-0.05, 0) is 104 Å². The molecule has 3 rings (SSSR count). The lowest BCUT2D eigenvalue weighted by atomic mass is 10.1. The Bertz CT molecular complexity index is 1430. The van der Waals surface area contributed by atoms with Crippen molar-refractivity contribution in [3.63, 3.8) is 0 Å². The van der Waals surface area contributed by atoms with Crippen LogP contribution < -0.4 is 18.9 Å². The Hall–Kier alpha value is -4.60. The van der Waals surface area contributed by atoms with Gasteiger partial charge in [-0.3, -0.25) is 9.59 Å². The van der Waals surface area contributed by atoms with Gasteiger partial charge in [0.25, 0.3) is 0 Å². The summed E-state index contributed by atoms with van der Waals surface area (Å²) < 4.78 is 79.5. The highest BCUT2D eigenvalue weighted by Crippen LogP contribution is 2.37. The van der Waals surface area contributed by atoms with Crippen LogP contribution in [0.4, 0.5) is 17.6 Å². The molecular weight excluding hydrogens is 592 g/mol. The SMILES string of the molecule is C=C(C)C(=O)COc1ccc(C(F)(F)Oc2ccc(OC(F)(F)c3ccc(OCC(=O)C(=C)C)cc3)c(C)c2)cc1.CC.CC. The molecule has 0 radical (unpaired) electrons. The summed E-state index contributed by atoms with van der Waals surface area (Å²) in [6.45, 7) is 18.9. The standard InChI is InChI=1S/C31H28F4O6.2C2H6/c1-19(2)27(36)17-38-24-10-6-22(7-11-24)30(32,33)40-26-14-15-29(21(5)16-26)41-31(34,35)23-8-12-25(13-9-23)39-18-28(37)20(3)4;2*1-2/h6-16H,1,3,17-18H2,2,4-5H3;2*1-2H3. The molecule has 0 atom stereocenters. The van der Waals surface area contributed by atoms with E-state index >= 15 is 0 Å². The average Bonchev–Trinajstić information content (AvgIpc) is 3.02. The molecule has 0 aliphatic rings. The van der Waals surface area contributed by atoms with Crippen LogP contribution in [0.5, 0.6) is 23.0 Å². The first kappa shape index (κ1) is 38.4. The maximum atomic E-state index is 14.8. The number of carbonyl (C=O) groups excluding carboxylic acids is 2. The van der Waals surface area contributed by atoms with Gasteiger partial charge in [-0.15, -0.1) is 0 Å². The van der Waals surface area contributed by atoms with Crippen LogP contribution in [0.3, 0.4) is 0 Å². The van der Waals surface area contributed by atoms with Crippen LogP contribution in [0.15, 0.2) is 91.0 Å². The number of aryl methyl sites for hydroxylation is 1. The van der Waals surface area contributed by atoms with Crippen molar-refractivity contribution in [3.8, 4) is 23.0 Å². The summed E-state index contributed by atoms with van der Waals surface area (Å²) in [4.78, 5) is 23.2. The van der Waals surface area contributed by atoms with Crippen molar-refractivity contribution in [2.45, 2.75) is 60.7 Å². The lowest BCUT2D eigenvalue weighted by Crippen LogP contribution is -2.23. The molecule has 3 aromatic carbocycles. The fraction of sp³-hybridized carbons (Fsp3) is 0.314. The predicted molar refractivity (Wildman–Crippen MR) is 166 cm³/mol. The highest BCUT2D eigenvalue weighted by atomic mass is 19.3. The van der Waals surface area contributed by atoms with E-state index in [9.17, 15) is 27.2 Å². The summed E-state index contributed by atoms with van der Waals surface area (Å²) in [7, 11) is 0. The molecule has 0 aromatic heterocycles. The first-order valence-electron chi connectivity index (χ1n) is 14.3. The number of rotatable bonds is 14. The summed E-state index contributed by atoms with van der Waals surface area (Å²) in [5.74, 6) is -0.750. The van der Waals surface area contributed by atoms with Crippen molar-refractivity contribution in [3.05, 3.63) is 108 Å². The molecular formula is C35H40F4O6. The molecule has 0 N–H and O–H groups in total. The minimum absolute atomic E-state index is 0.127. The normalized spacial score (nSPS) is 10.6. The molecule has 0 fully saturated rings. The Kier molecular flexibility index (Phi) is 15.1. The monoisotopic (exact) mass is 632 g/mol. The second-order valence-electron chi connectivity index (χ2n) is 9.20. The van der Waals surface area contributed by atoms with Crippen LogP contribution >= 0.6 is 0 Å². The molecule has 0 spiro atoms.